The van der Waals surface area contributed by atoms with Crippen LogP contribution in [0.3, 0.4) is 0 Å². The van der Waals surface area contributed by atoms with Crippen LogP contribution in [0.5, 0.6) is 0 Å². The van der Waals surface area contributed by atoms with Crippen molar-refractivity contribution in [2.45, 2.75) is 38.5 Å². The molecule has 2 aliphatic rings. The molecule has 60 heavy (non-hydrogen) atoms. The van der Waals surface area contributed by atoms with E-state index in [-0.39, 0.29) is 10.8 Å². The van der Waals surface area contributed by atoms with Crippen LogP contribution in [0.1, 0.15) is 49.9 Å². The predicted octanol–water partition coefficient (Wildman–Crippen LogP) is 16.6. The number of fused-ring (bicyclic) bond motifs is 10. The highest BCUT2D eigenvalue weighted by Crippen LogP contribution is 2.54. The van der Waals surface area contributed by atoms with Gasteiger partial charge in [-0.3, -0.25) is 0 Å². The maximum absolute atomic E-state index is 2.50. The smallest absolute Gasteiger partial charge is 0.0540 e. The normalized spacial score (nSPS) is 14.3. The second-order valence-corrected chi connectivity index (χ2v) is 18.8. The molecule has 10 aromatic rings. The first-order valence-electron chi connectivity index (χ1n) is 21.1. The zero-order valence-electron chi connectivity index (χ0n) is 34.3. The highest BCUT2D eigenvalue weighted by Gasteiger charge is 2.38. The summed E-state index contributed by atoms with van der Waals surface area (Å²) in [5, 5.41) is 5.14. The molecule has 0 N–H and O–H groups in total. The molecule has 0 radical (unpaired) electrons. The maximum atomic E-state index is 2.50. The van der Waals surface area contributed by atoms with Crippen LogP contribution in [-0.4, -0.2) is 0 Å². The highest BCUT2D eigenvalue weighted by molar-refractivity contribution is 7.25. The molecule has 1 aromatic heterocycles. The quantitative estimate of drug-likeness (QED) is 0.168. The van der Waals surface area contributed by atoms with Gasteiger partial charge in [-0.15, -0.1) is 11.3 Å². The molecule has 0 bridgehead atoms. The van der Waals surface area contributed by atoms with E-state index in [1.54, 1.807) is 0 Å². The van der Waals surface area contributed by atoms with Gasteiger partial charge < -0.3 is 4.90 Å². The predicted molar refractivity (Wildman–Crippen MR) is 258 cm³/mol. The molecule has 9 aromatic carbocycles. The fraction of sp³-hybridized carbons (Fsp3) is 0.103. The van der Waals surface area contributed by atoms with E-state index in [1.165, 1.54) is 115 Å². The Morgan fingerprint density at radius 2 is 0.833 bits per heavy atom. The molecule has 0 aliphatic heterocycles. The van der Waals surface area contributed by atoms with Crippen molar-refractivity contribution in [3.63, 3.8) is 0 Å². The number of benzene rings is 9. The third-order valence-electron chi connectivity index (χ3n) is 13.7. The van der Waals surface area contributed by atoms with Crippen molar-refractivity contribution in [1.82, 2.24) is 0 Å². The number of hydrogen-bond acceptors (Lipinski definition) is 2. The molecule has 12 rings (SSSR count). The molecule has 2 aliphatic carbocycles. The molecule has 286 valence electrons. The summed E-state index contributed by atoms with van der Waals surface area (Å²) in [6.45, 7) is 9.59. The summed E-state index contributed by atoms with van der Waals surface area (Å²) >= 11 is 1.88. The SMILES string of the molecule is CC1(C)c2cc(-c3ccccc3)ccc2-c2ccc(N(c3ccc4c(c3)C(C)(C)c3cc(-c5ccc6sc7ccccc7c6c5)ccc3-4)c3cccc4ccccc34)cc21. The van der Waals surface area contributed by atoms with Gasteiger partial charge in [-0.1, -0.05) is 155 Å². The molecule has 0 unspecified atom stereocenters. The van der Waals surface area contributed by atoms with E-state index in [9.17, 15) is 0 Å². The van der Waals surface area contributed by atoms with Gasteiger partial charge >= 0.3 is 0 Å². The molecule has 1 heterocycles. The number of anilines is 3. The molecule has 0 saturated heterocycles. The Hall–Kier alpha value is -6.74. The van der Waals surface area contributed by atoms with E-state index in [0.717, 1.165) is 0 Å². The lowest BCUT2D eigenvalue weighted by atomic mass is 9.81. The fourth-order valence-corrected chi connectivity index (χ4v) is 11.5. The van der Waals surface area contributed by atoms with Crippen LogP contribution in [0.15, 0.2) is 188 Å². The van der Waals surface area contributed by atoms with Crippen molar-refractivity contribution < 1.29 is 0 Å². The highest BCUT2D eigenvalue weighted by atomic mass is 32.1. The fourth-order valence-electron chi connectivity index (χ4n) is 10.5. The first-order chi connectivity index (χ1) is 29.2. The van der Waals surface area contributed by atoms with E-state index in [2.05, 4.69) is 221 Å². The zero-order chi connectivity index (χ0) is 40.3. The van der Waals surface area contributed by atoms with Crippen molar-refractivity contribution in [1.29, 1.82) is 0 Å². The molecular formula is C58H43NS. The average Bonchev–Trinajstić information content (AvgIpc) is 3.85. The summed E-state index contributed by atoms with van der Waals surface area (Å²) in [4.78, 5) is 2.50. The first kappa shape index (κ1) is 35.2. The van der Waals surface area contributed by atoms with Crippen molar-refractivity contribution in [2.75, 3.05) is 4.90 Å². The molecule has 0 spiro atoms. The van der Waals surface area contributed by atoms with Gasteiger partial charge in [0.1, 0.15) is 0 Å². The Morgan fingerprint density at radius 1 is 0.350 bits per heavy atom. The Bertz CT molecular complexity index is 3380. The van der Waals surface area contributed by atoms with E-state index in [1.807, 2.05) is 11.3 Å². The summed E-state index contributed by atoms with van der Waals surface area (Å²) in [5.41, 5.74) is 19.0. The van der Waals surface area contributed by atoms with E-state index in [4.69, 9.17) is 0 Å². The van der Waals surface area contributed by atoms with Gasteiger partial charge in [0.25, 0.3) is 0 Å². The second-order valence-electron chi connectivity index (χ2n) is 17.7. The van der Waals surface area contributed by atoms with Crippen LogP contribution in [0.2, 0.25) is 0 Å². The van der Waals surface area contributed by atoms with Crippen molar-refractivity contribution >= 4 is 59.3 Å². The maximum Gasteiger partial charge on any atom is 0.0540 e. The third kappa shape index (κ3) is 5.17. The number of nitrogens with zero attached hydrogens (tertiary/aromatic N) is 1. The van der Waals surface area contributed by atoms with Gasteiger partial charge in [0.15, 0.2) is 0 Å². The lowest BCUT2D eigenvalue weighted by Crippen LogP contribution is -2.18. The molecule has 1 nitrogen and oxygen atoms in total. The topological polar surface area (TPSA) is 3.24 Å². The van der Waals surface area contributed by atoms with E-state index >= 15 is 0 Å². The summed E-state index contributed by atoms with van der Waals surface area (Å²) in [7, 11) is 0. The largest absolute Gasteiger partial charge is 0.310 e. The van der Waals surface area contributed by atoms with Crippen molar-refractivity contribution in [3.8, 4) is 44.5 Å². The van der Waals surface area contributed by atoms with Gasteiger partial charge in [0.05, 0.1) is 5.69 Å². The number of thiophene rings is 1. The van der Waals surface area contributed by atoms with Crippen LogP contribution in [0.25, 0.3) is 75.5 Å². The number of rotatable bonds is 5. The first-order valence-corrected chi connectivity index (χ1v) is 21.9. The van der Waals surface area contributed by atoms with Crippen LogP contribution in [0, 0.1) is 0 Å². The molecule has 0 saturated carbocycles. The summed E-state index contributed by atoms with van der Waals surface area (Å²) < 4.78 is 2.68. The zero-order valence-corrected chi connectivity index (χ0v) is 35.1. The summed E-state index contributed by atoms with van der Waals surface area (Å²) in [6.07, 6.45) is 0. The van der Waals surface area contributed by atoms with Gasteiger partial charge in [0, 0.05) is 47.8 Å². The number of hydrogen-bond donors (Lipinski definition) is 0. The average molecular weight is 786 g/mol. The van der Waals surface area contributed by atoms with Gasteiger partial charge in [-0.25, -0.2) is 0 Å². The van der Waals surface area contributed by atoms with Gasteiger partial charge in [0.2, 0.25) is 0 Å². The van der Waals surface area contributed by atoms with Crippen LogP contribution in [-0.2, 0) is 10.8 Å². The summed E-state index contributed by atoms with van der Waals surface area (Å²) in [6, 6.07) is 70.6. The summed E-state index contributed by atoms with van der Waals surface area (Å²) in [5.74, 6) is 0. The Morgan fingerprint density at radius 3 is 1.50 bits per heavy atom. The van der Waals surface area contributed by atoms with Crippen LogP contribution in [0.4, 0.5) is 17.1 Å². The Kier molecular flexibility index (Phi) is 7.56. The van der Waals surface area contributed by atoms with Gasteiger partial charge in [-0.2, -0.15) is 0 Å². The molecule has 0 atom stereocenters. The standard InChI is InChI=1S/C58H43NS/c1-57(2)50-32-39(36-13-6-5-7-14-36)21-26-44(50)46-28-24-41(34-52(46)57)59(54-19-12-16-37-15-8-9-17-43(37)54)42-25-29-47-45-27-22-40(33-51(45)58(3,4)53(47)35-42)38-23-30-56-49(31-38)48-18-10-11-20-55(48)60-56/h5-35H,1-4H3. The lowest BCUT2D eigenvalue weighted by molar-refractivity contribution is 0.660. The molecule has 0 fully saturated rings. The van der Waals surface area contributed by atoms with Crippen molar-refractivity contribution in [2.24, 2.45) is 0 Å². The van der Waals surface area contributed by atoms with E-state index < -0.39 is 0 Å². The van der Waals surface area contributed by atoms with Gasteiger partial charge in [-0.05, 0) is 133 Å². The monoisotopic (exact) mass is 785 g/mol. The molecular weight excluding hydrogens is 743 g/mol. The van der Waals surface area contributed by atoms with E-state index in [0.29, 0.717) is 0 Å². The van der Waals surface area contributed by atoms with Crippen molar-refractivity contribution in [3.05, 3.63) is 210 Å². The minimum atomic E-state index is -0.196. The third-order valence-corrected chi connectivity index (χ3v) is 14.8. The lowest BCUT2D eigenvalue weighted by Gasteiger charge is -2.30. The van der Waals surface area contributed by atoms with Crippen LogP contribution >= 0.6 is 11.3 Å². The second kappa shape index (κ2) is 12.9. The Labute approximate surface area is 355 Å². The molecule has 0 amide bonds. The minimum Gasteiger partial charge on any atom is -0.310 e. The molecule has 2 heteroatoms. The minimum absolute atomic E-state index is 0.170. The Balaban J connectivity index is 0.978. The van der Waals surface area contributed by atoms with Crippen LogP contribution < -0.4 is 4.90 Å².